The lowest BCUT2D eigenvalue weighted by molar-refractivity contribution is -0.118. The van der Waals surface area contributed by atoms with E-state index in [1.165, 1.54) is 0 Å². The number of halogens is 2. The second kappa shape index (κ2) is 9.88. The first-order chi connectivity index (χ1) is 14.3. The summed E-state index contributed by atoms with van der Waals surface area (Å²) in [4.78, 5) is 12.2. The molecule has 0 radical (unpaired) electrons. The van der Waals surface area contributed by atoms with Crippen molar-refractivity contribution in [3.63, 3.8) is 0 Å². The molecule has 6 heteroatoms. The number of carbonyl (C=O) groups is 1. The highest BCUT2D eigenvalue weighted by Crippen LogP contribution is 2.27. The summed E-state index contributed by atoms with van der Waals surface area (Å²) in [5.74, 6) is 0.234. The highest BCUT2D eigenvalue weighted by molar-refractivity contribution is 6.32. The van der Waals surface area contributed by atoms with Gasteiger partial charge in [0.2, 0.25) is 0 Å². The minimum absolute atomic E-state index is 0.119. The van der Waals surface area contributed by atoms with E-state index in [4.69, 9.17) is 27.9 Å². The summed E-state index contributed by atoms with van der Waals surface area (Å²) in [6, 6.07) is 17.1. The van der Waals surface area contributed by atoms with Crippen molar-refractivity contribution in [2.24, 2.45) is 0 Å². The molecular formula is C24H24Cl2N2O2. The predicted octanol–water partition coefficient (Wildman–Crippen LogP) is 6.55. The van der Waals surface area contributed by atoms with Gasteiger partial charge in [-0.1, -0.05) is 47.5 Å². The number of nitrogens with one attached hydrogen (secondary N) is 2. The third-order valence-corrected chi connectivity index (χ3v) is 5.69. The maximum Gasteiger partial charge on any atom is 0.262 e. The van der Waals surface area contributed by atoms with Crippen molar-refractivity contribution in [3.05, 3.63) is 86.9 Å². The third-order valence-electron chi connectivity index (χ3n) is 4.98. The zero-order valence-corrected chi connectivity index (χ0v) is 18.7. The average molecular weight is 443 g/mol. The summed E-state index contributed by atoms with van der Waals surface area (Å²) in [6.45, 7) is 6.42. The van der Waals surface area contributed by atoms with Gasteiger partial charge in [-0.05, 0) is 73.4 Å². The molecule has 0 fully saturated rings. The number of benzene rings is 3. The lowest BCUT2D eigenvalue weighted by atomic mass is 10.1. The topological polar surface area (TPSA) is 50.4 Å². The van der Waals surface area contributed by atoms with E-state index in [2.05, 4.69) is 10.6 Å². The first-order valence-corrected chi connectivity index (χ1v) is 10.4. The number of hydrogen-bond donors (Lipinski definition) is 2. The largest absolute Gasteiger partial charge is 0.482 e. The Balaban J connectivity index is 1.56. The van der Waals surface area contributed by atoms with Gasteiger partial charge in [-0.2, -0.15) is 0 Å². The van der Waals surface area contributed by atoms with Crippen LogP contribution in [0.2, 0.25) is 10.0 Å². The Bertz CT molecular complexity index is 1070. The number of aryl methyl sites for hydroxylation is 1. The Labute approximate surface area is 187 Å². The molecule has 0 aromatic heterocycles. The van der Waals surface area contributed by atoms with E-state index in [0.717, 1.165) is 38.7 Å². The number of ether oxygens (including phenoxy) is 1. The fourth-order valence-corrected chi connectivity index (χ4v) is 3.42. The van der Waals surface area contributed by atoms with Crippen LogP contribution >= 0.6 is 23.2 Å². The molecule has 3 rings (SSSR count). The van der Waals surface area contributed by atoms with Gasteiger partial charge in [-0.25, -0.2) is 0 Å². The van der Waals surface area contributed by atoms with Gasteiger partial charge in [0.25, 0.3) is 5.91 Å². The Hall–Kier alpha value is -2.69. The normalized spacial score (nSPS) is 10.6. The maximum absolute atomic E-state index is 12.2. The molecule has 0 aliphatic heterocycles. The second-order valence-corrected chi connectivity index (χ2v) is 7.93. The minimum atomic E-state index is -0.234. The van der Waals surface area contributed by atoms with E-state index in [9.17, 15) is 4.79 Å². The molecule has 0 bridgehead atoms. The predicted molar refractivity (Wildman–Crippen MR) is 125 cm³/mol. The monoisotopic (exact) mass is 442 g/mol. The lowest BCUT2D eigenvalue weighted by Crippen LogP contribution is -2.20. The molecule has 0 saturated heterocycles. The van der Waals surface area contributed by atoms with Crippen LogP contribution in [0.4, 0.5) is 11.4 Å². The number of anilines is 2. The van der Waals surface area contributed by atoms with Crippen LogP contribution in [0, 0.1) is 20.8 Å². The van der Waals surface area contributed by atoms with Crippen molar-refractivity contribution in [1.82, 2.24) is 0 Å². The standard InChI is InChI=1S/C24H24Cl2N2O2/c1-15-6-4-9-22(16(15)2)28-24(29)14-30-23-11-10-18(12-20(23)26)13-27-21-8-5-7-19(25)17(21)3/h4-12,27H,13-14H2,1-3H3,(H,28,29). The molecule has 30 heavy (non-hydrogen) atoms. The smallest absolute Gasteiger partial charge is 0.262 e. The van der Waals surface area contributed by atoms with Crippen LogP contribution in [0.25, 0.3) is 0 Å². The van der Waals surface area contributed by atoms with Gasteiger partial charge in [0, 0.05) is 22.9 Å². The van der Waals surface area contributed by atoms with Gasteiger partial charge in [-0.15, -0.1) is 0 Å². The minimum Gasteiger partial charge on any atom is -0.482 e. The number of hydrogen-bond acceptors (Lipinski definition) is 3. The van der Waals surface area contributed by atoms with Crippen molar-refractivity contribution in [3.8, 4) is 5.75 Å². The van der Waals surface area contributed by atoms with Crippen molar-refractivity contribution < 1.29 is 9.53 Å². The molecule has 3 aromatic rings. The van der Waals surface area contributed by atoms with Gasteiger partial charge in [0.15, 0.2) is 6.61 Å². The van der Waals surface area contributed by atoms with Crippen LogP contribution in [0.3, 0.4) is 0 Å². The molecule has 0 saturated carbocycles. The maximum atomic E-state index is 12.2. The highest BCUT2D eigenvalue weighted by Gasteiger charge is 2.10. The van der Waals surface area contributed by atoms with E-state index in [1.54, 1.807) is 6.07 Å². The van der Waals surface area contributed by atoms with Gasteiger partial charge in [0.1, 0.15) is 5.75 Å². The molecular weight excluding hydrogens is 419 g/mol. The molecule has 0 spiro atoms. The summed E-state index contributed by atoms with van der Waals surface area (Å²) in [7, 11) is 0. The van der Waals surface area contributed by atoms with E-state index < -0.39 is 0 Å². The fourth-order valence-electron chi connectivity index (χ4n) is 2.98. The zero-order chi connectivity index (χ0) is 21.7. The highest BCUT2D eigenvalue weighted by atomic mass is 35.5. The first kappa shape index (κ1) is 22.0. The molecule has 0 atom stereocenters. The van der Waals surface area contributed by atoms with Crippen LogP contribution < -0.4 is 15.4 Å². The van der Waals surface area contributed by atoms with E-state index in [1.807, 2.05) is 69.3 Å². The number of carbonyl (C=O) groups excluding carboxylic acids is 1. The van der Waals surface area contributed by atoms with Crippen molar-refractivity contribution in [1.29, 1.82) is 0 Å². The fraction of sp³-hybridized carbons (Fsp3) is 0.208. The summed E-state index contributed by atoms with van der Waals surface area (Å²) in [5, 5.41) is 7.41. The summed E-state index contributed by atoms with van der Waals surface area (Å²) in [6.07, 6.45) is 0. The second-order valence-electron chi connectivity index (χ2n) is 7.12. The summed E-state index contributed by atoms with van der Waals surface area (Å²) < 4.78 is 5.61. The average Bonchev–Trinajstić information content (AvgIpc) is 2.72. The van der Waals surface area contributed by atoms with Crippen molar-refractivity contribution >= 4 is 40.5 Å². The molecule has 0 aliphatic rings. The Morgan fingerprint density at radius 3 is 2.40 bits per heavy atom. The van der Waals surface area contributed by atoms with Crippen LogP contribution in [0.5, 0.6) is 5.75 Å². The SMILES string of the molecule is Cc1cccc(NC(=O)COc2ccc(CNc3cccc(Cl)c3C)cc2Cl)c1C. The molecule has 156 valence electrons. The third kappa shape index (κ3) is 5.47. The molecule has 4 nitrogen and oxygen atoms in total. The molecule has 0 aliphatic carbocycles. The van der Waals surface area contributed by atoms with Crippen LogP contribution in [-0.2, 0) is 11.3 Å². The van der Waals surface area contributed by atoms with Crippen LogP contribution in [0.15, 0.2) is 54.6 Å². The molecule has 0 heterocycles. The molecule has 1 amide bonds. The van der Waals surface area contributed by atoms with E-state index >= 15 is 0 Å². The first-order valence-electron chi connectivity index (χ1n) is 9.61. The van der Waals surface area contributed by atoms with Crippen LogP contribution in [0.1, 0.15) is 22.3 Å². The molecule has 3 aromatic carbocycles. The summed E-state index contributed by atoms with van der Waals surface area (Å²) >= 11 is 12.5. The zero-order valence-electron chi connectivity index (χ0n) is 17.2. The van der Waals surface area contributed by atoms with Crippen molar-refractivity contribution in [2.75, 3.05) is 17.2 Å². The molecule has 2 N–H and O–H groups in total. The van der Waals surface area contributed by atoms with E-state index in [-0.39, 0.29) is 12.5 Å². The Kier molecular flexibility index (Phi) is 7.24. The Morgan fingerprint density at radius 1 is 0.900 bits per heavy atom. The van der Waals surface area contributed by atoms with E-state index in [0.29, 0.717) is 17.3 Å². The lowest BCUT2D eigenvalue weighted by Gasteiger charge is -2.13. The van der Waals surface area contributed by atoms with Gasteiger partial charge < -0.3 is 15.4 Å². The Morgan fingerprint density at radius 2 is 1.63 bits per heavy atom. The van der Waals surface area contributed by atoms with Gasteiger partial charge >= 0.3 is 0 Å². The summed E-state index contributed by atoms with van der Waals surface area (Å²) in [5.41, 5.74) is 5.91. The van der Waals surface area contributed by atoms with Crippen LogP contribution in [-0.4, -0.2) is 12.5 Å². The van der Waals surface area contributed by atoms with Gasteiger partial charge in [0.05, 0.1) is 5.02 Å². The number of rotatable bonds is 7. The number of amides is 1. The van der Waals surface area contributed by atoms with Gasteiger partial charge in [-0.3, -0.25) is 4.79 Å². The van der Waals surface area contributed by atoms with Crippen molar-refractivity contribution in [2.45, 2.75) is 27.3 Å². The molecule has 0 unspecified atom stereocenters. The quantitative estimate of drug-likeness (QED) is 0.436.